The quantitative estimate of drug-likeness (QED) is 0.825. The van der Waals surface area contributed by atoms with Crippen molar-refractivity contribution in [3.05, 3.63) is 63.6 Å². The molecule has 1 aliphatic carbocycles. The maximum Gasteiger partial charge on any atom is 0.228 e. The molecule has 4 rings (SSSR count). The number of hydrogen-bond donors (Lipinski definition) is 1. The Morgan fingerprint density at radius 1 is 1.12 bits per heavy atom. The van der Waals surface area contributed by atoms with Gasteiger partial charge in [0.1, 0.15) is 5.75 Å². The zero-order valence-corrected chi connectivity index (χ0v) is 15.0. The molecule has 2 aromatic rings. The van der Waals surface area contributed by atoms with E-state index in [1.807, 2.05) is 24.3 Å². The number of rotatable bonds is 2. The molecule has 4 heteroatoms. The fourth-order valence-electron chi connectivity index (χ4n) is 3.81. The lowest BCUT2D eigenvalue weighted by atomic mass is 9.82. The third kappa shape index (κ3) is 2.95. The number of carbonyl (C=O) groups excluding carboxylic acids is 1. The Kier molecular flexibility index (Phi) is 4.31. The first-order valence-electron chi connectivity index (χ1n) is 8.53. The van der Waals surface area contributed by atoms with Crippen LogP contribution >= 0.6 is 15.9 Å². The molecule has 0 aromatic heterocycles. The number of halogens is 1. The fourth-order valence-corrected chi connectivity index (χ4v) is 4.19. The predicted octanol–water partition coefficient (Wildman–Crippen LogP) is 4.51. The summed E-state index contributed by atoms with van der Waals surface area (Å²) in [5.74, 6) is 0.979. The molecule has 0 bridgehead atoms. The highest BCUT2D eigenvalue weighted by Gasteiger charge is 2.30. The van der Waals surface area contributed by atoms with E-state index in [1.54, 1.807) is 0 Å². The Labute approximate surface area is 150 Å². The minimum Gasteiger partial charge on any atom is -0.493 e. The van der Waals surface area contributed by atoms with E-state index in [2.05, 4.69) is 39.4 Å². The Morgan fingerprint density at radius 2 is 2.00 bits per heavy atom. The van der Waals surface area contributed by atoms with Crippen LogP contribution < -0.4 is 10.1 Å². The molecule has 0 fully saturated rings. The van der Waals surface area contributed by atoms with Crippen LogP contribution in [0.3, 0.4) is 0 Å². The van der Waals surface area contributed by atoms with Crippen LogP contribution in [0.25, 0.3) is 0 Å². The number of ether oxygens (including phenoxy) is 1. The number of nitrogens with one attached hydrogen (secondary N) is 1. The van der Waals surface area contributed by atoms with E-state index in [-0.39, 0.29) is 17.9 Å². The molecule has 124 valence electrons. The molecule has 0 spiro atoms. The average Bonchev–Trinajstić information content (AvgIpc) is 2.61. The molecule has 0 saturated carbocycles. The highest BCUT2D eigenvalue weighted by molar-refractivity contribution is 9.10. The van der Waals surface area contributed by atoms with Gasteiger partial charge in [-0.15, -0.1) is 0 Å². The highest BCUT2D eigenvalue weighted by atomic mass is 79.9. The first-order chi connectivity index (χ1) is 11.7. The molecule has 1 heterocycles. The van der Waals surface area contributed by atoms with Gasteiger partial charge in [-0.25, -0.2) is 0 Å². The van der Waals surface area contributed by atoms with Gasteiger partial charge in [-0.3, -0.25) is 4.79 Å². The monoisotopic (exact) mass is 385 g/mol. The van der Waals surface area contributed by atoms with Crippen LogP contribution in [-0.4, -0.2) is 12.5 Å². The standard InChI is InChI=1S/C20H20BrNO2/c21-14-8-9-19-17(12-14)18(10-11-24-19)22-20(23)16-7-3-5-13-4-1-2-6-15(13)16/h1-2,4,6,8-9,12,16,18H,3,5,7,10-11H2,(H,22,23). The van der Waals surface area contributed by atoms with Crippen LogP contribution in [0.4, 0.5) is 0 Å². The molecular weight excluding hydrogens is 366 g/mol. The fraction of sp³-hybridized carbons (Fsp3) is 0.350. The summed E-state index contributed by atoms with van der Waals surface area (Å²) in [6.07, 6.45) is 3.89. The topological polar surface area (TPSA) is 38.3 Å². The molecule has 0 radical (unpaired) electrons. The second-order valence-corrected chi connectivity index (χ2v) is 7.44. The number of benzene rings is 2. The van der Waals surface area contributed by atoms with Gasteiger partial charge in [0.25, 0.3) is 0 Å². The summed E-state index contributed by atoms with van der Waals surface area (Å²) < 4.78 is 6.73. The summed E-state index contributed by atoms with van der Waals surface area (Å²) in [6, 6.07) is 14.4. The van der Waals surface area contributed by atoms with Gasteiger partial charge in [-0.05, 0) is 48.6 Å². The van der Waals surface area contributed by atoms with E-state index in [4.69, 9.17) is 4.74 Å². The van der Waals surface area contributed by atoms with E-state index in [0.717, 1.165) is 41.5 Å². The van der Waals surface area contributed by atoms with Crippen molar-refractivity contribution in [3.63, 3.8) is 0 Å². The molecule has 2 atom stereocenters. The zero-order chi connectivity index (χ0) is 16.5. The average molecular weight is 386 g/mol. The molecule has 1 N–H and O–H groups in total. The maximum atomic E-state index is 13.0. The lowest BCUT2D eigenvalue weighted by Crippen LogP contribution is -2.36. The van der Waals surface area contributed by atoms with Gasteiger partial charge in [-0.2, -0.15) is 0 Å². The van der Waals surface area contributed by atoms with Crippen molar-refractivity contribution in [2.45, 2.75) is 37.6 Å². The van der Waals surface area contributed by atoms with Crippen molar-refractivity contribution in [2.75, 3.05) is 6.61 Å². The smallest absolute Gasteiger partial charge is 0.228 e. The summed E-state index contributed by atoms with van der Waals surface area (Å²) in [4.78, 5) is 13.0. The van der Waals surface area contributed by atoms with Crippen LogP contribution in [0.15, 0.2) is 46.9 Å². The van der Waals surface area contributed by atoms with Gasteiger partial charge in [0, 0.05) is 16.5 Å². The minimum atomic E-state index is -0.0339. The van der Waals surface area contributed by atoms with Crippen molar-refractivity contribution >= 4 is 21.8 Å². The molecule has 3 nitrogen and oxygen atoms in total. The predicted molar refractivity (Wildman–Crippen MR) is 97.3 cm³/mol. The van der Waals surface area contributed by atoms with E-state index in [0.29, 0.717) is 6.61 Å². The normalized spacial score (nSPS) is 22.0. The number of amides is 1. The van der Waals surface area contributed by atoms with Crippen LogP contribution in [0.1, 0.15) is 47.9 Å². The minimum absolute atomic E-state index is 0.0211. The lowest BCUT2D eigenvalue weighted by molar-refractivity contribution is -0.123. The largest absolute Gasteiger partial charge is 0.493 e. The lowest BCUT2D eigenvalue weighted by Gasteiger charge is -2.30. The molecule has 0 saturated heterocycles. The molecule has 1 amide bonds. The molecule has 1 aliphatic heterocycles. The van der Waals surface area contributed by atoms with E-state index >= 15 is 0 Å². The third-order valence-electron chi connectivity index (χ3n) is 5.01. The Bertz CT molecular complexity index is 774. The Hall–Kier alpha value is -1.81. The van der Waals surface area contributed by atoms with Crippen LogP contribution in [0.5, 0.6) is 5.75 Å². The Morgan fingerprint density at radius 3 is 2.92 bits per heavy atom. The van der Waals surface area contributed by atoms with Crippen LogP contribution in [0.2, 0.25) is 0 Å². The molecule has 2 aromatic carbocycles. The maximum absolute atomic E-state index is 13.0. The second-order valence-electron chi connectivity index (χ2n) is 6.52. The summed E-state index contributed by atoms with van der Waals surface area (Å²) in [5.41, 5.74) is 3.58. The van der Waals surface area contributed by atoms with Gasteiger partial charge < -0.3 is 10.1 Å². The number of fused-ring (bicyclic) bond motifs is 2. The number of carbonyl (C=O) groups is 1. The van der Waals surface area contributed by atoms with E-state index in [9.17, 15) is 4.79 Å². The van der Waals surface area contributed by atoms with Gasteiger partial charge in [0.2, 0.25) is 5.91 Å². The van der Waals surface area contributed by atoms with E-state index in [1.165, 1.54) is 11.1 Å². The Balaban J connectivity index is 1.57. The van der Waals surface area contributed by atoms with Gasteiger partial charge in [-0.1, -0.05) is 40.2 Å². The van der Waals surface area contributed by atoms with Gasteiger partial charge >= 0.3 is 0 Å². The third-order valence-corrected chi connectivity index (χ3v) is 5.51. The number of aryl methyl sites for hydroxylation is 1. The van der Waals surface area contributed by atoms with Crippen molar-refractivity contribution in [3.8, 4) is 5.75 Å². The van der Waals surface area contributed by atoms with E-state index < -0.39 is 0 Å². The van der Waals surface area contributed by atoms with Crippen LogP contribution in [0, 0.1) is 0 Å². The highest BCUT2D eigenvalue weighted by Crippen LogP contribution is 2.36. The summed E-state index contributed by atoms with van der Waals surface area (Å²) in [5, 5.41) is 3.27. The first-order valence-corrected chi connectivity index (χ1v) is 9.32. The van der Waals surface area contributed by atoms with Crippen molar-refractivity contribution in [2.24, 2.45) is 0 Å². The molecule has 2 aliphatic rings. The number of hydrogen-bond acceptors (Lipinski definition) is 2. The molecule has 24 heavy (non-hydrogen) atoms. The summed E-state index contributed by atoms with van der Waals surface area (Å²) >= 11 is 3.51. The molecular formula is C20H20BrNO2. The zero-order valence-electron chi connectivity index (χ0n) is 13.4. The van der Waals surface area contributed by atoms with Gasteiger partial charge in [0.05, 0.1) is 18.6 Å². The van der Waals surface area contributed by atoms with Gasteiger partial charge in [0.15, 0.2) is 0 Å². The van der Waals surface area contributed by atoms with Crippen LogP contribution in [-0.2, 0) is 11.2 Å². The molecule has 2 unspecified atom stereocenters. The van der Waals surface area contributed by atoms with Crippen molar-refractivity contribution in [1.29, 1.82) is 0 Å². The van der Waals surface area contributed by atoms with Crippen molar-refractivity contribution in [1.82, 2.24) is 5.32 Å². The first kappa shape index (κ1) is 15.7. The summed E-state index contributed by atoms with van der Waals surface area (Å²) in [6.45, 7) is 0.640. The summed E-state index contributed by atoms with van der Waals surface area (Å²) in [7, 11) is 0. The SMILES string of the molecule is O=C(NC1CCOc2ccc(Br)cc21)C1CCCc2ccccc21. The second kappa shape index (κ2) is 6.60. The van der Waals surface area contributed by atoms with Crippen molar-refractivity contribution < 1.29 is 9.53 Å².